The van der Waals surface area contributed by atoms with Gasteiger partial charge in [0.2, 0.25) is 0 Å². The zero-order chi connectivity index (χ0) is 14.9. The zero-order valence-corrected chi connectivity index (χ0v) is 14.0. The van der Waals surface area contributed by atoms with E-state index in [2.05, 4.69) is 53.5 Å². The molecule has 0 bridgehead atoms. The van der Waals surface area contributed by atoms with Crippen molar-refractivity contribution < 1.29 is 4.84 Å². The molecule has 0 aromatic heterocycles. The van der Waals surface area contributed by atoms with E-state index in [9.17, 15) is 0 Å². The van der Waals surface area contributed by atoms with E-state index in [-0.39, 0.29) is 16.6 Å². The monoisotopic (exact) mass is 270 g/mol. The summed E-state index contributed by atoms with van der Waals surface area (Å²) in [5.41, 5.74) is 6.72. The highest BCUT2D eigenvalue weighted by Crippen LogP contribution is 2.46. The summed E-state index contributed by atoms with van der Waals surface area (Å²) < 4.78 is 0. The van der Waals surface area contributed by atoms with Gasteiger partial charge < -0.3 is 5.73 Å². The molecule has 114 valence electrons. The molecule has 0 aromatic rings. The third-order valence-electron chi connectivity index (χ3n) is 4.98. The van der Waals surface area contributed by atoms with Crippen molar-refractivity contribution in [1.29, 1.82) is 0 Å². The Kier molecular flexibility index (Phi) is 5.09. The number of hydrogen-bond donors (Lipinski definition) is 1. The van der Waals surface area contributed by atoms with Crippen LogP contribution in [0.2, 0.25) is 0 Å². The fourth-order valence-corrected chi connectivity index (χ4v) is 3.98. The zero-order valence-electron chi connectivity index (χ0n) is 14.0. The maximum atomic E-state index is 6.67. The highest BCUT2D eigenvalue weighted by molar-refractivity contribution is 5.03. The van der Waals surface area contributed by atoms with Crippen molar-refractivity contribution in [3.05, 3.63) is 0 Å². The molecule has 19 heavy (non-hydrogen) atoms. The Bertz CT molecular complexity index is 277. The Morgan fingerprint density at radius 1 is 1.05 bits per heavy atom. The normalized spacial score (nSPS) is 24.6. The maximum absolute atomic E-state index is 6.67. The fourth-order valence-electron chi connectivity index (χ4n) is 3.98. The first kappa shape index (κ1) is 16.9. The van der Waals surface area contributed by atoms with Crippen molar-refractivity contribution in [2.24, 2.45) is 11.7 Å². The highest BCUT2D eigenvalue weighted by atomic mass is 16.7. The van der Waals surface area contributed by atoms with E-state index < -0.39 is 0 Å². The number of piperidine rings is 1. The lowest BCUT2D eigenvalue weighted by Crippen LogP contribution is -2.64. The largest absolute Gasteiger partial charge is 0.325 e. The van der Waals surface area contributed by atoms with Gasteiger partial charge in [-0.1, -0.05) is 13.8 Å². The van der Waals surface area contributed by atoms with Gasteiger partial charge >= 0.3 is 0 Å². The molecule has 3 nitrogen and oxygen atoms in total. The molecule has 2 N–H and O–H groups in total. The molecule has 1 aliphatic heterocycles. The molecular weight excluding hydrogens is 236 g/mol. The lowest BCUT2D eigenvalue weighted by Gasteiger charge is -2.57. The van der Waals surface area contributed by atoms with Crippen molar-refractivity contribution in [3.63, 3.8) is 0 Å². The van der Waals surface area contributed by atoms with Crippen LogP contribution in [0.25, 0.3) is 0 Å². The minimum Gasteiger partial charge on any atom is -0.325 e. The highest BCUT2D eigenvalue weighted by Gasteiger charge is 2.50. The van der Waals surface area contributed by atoms with Crippen LogP contribution < -0.4 is 5.73 Å². The second kappa shape index (κ2) is 5.71. The third kappa shape index (κ3) is 3.32. The van der Waals surface area contributed by atoms with Crippen LogP contribution >= 0.6 is 0 Å². The number of rotatable bonds is 5. The average molecular weight is 270 g/mol. The first-order valence-electron chi connectivity index (χ1n) is 7.85. The standard InChI is InChI=1S/C16H34N2O/c1-8-16(17,9-2)13-11-14(4,5)18(19-10-3)15(6,7)12-13/h13H,8-12,17H2,1-7H3. The molecule has 0 radical (unpaired) electrons. The molecule has 1 rings (SSSR count). The van der Waals surface area contributed by atoms with Crippen LogP contribution in [0, 0.1) is 5.92 Å². The Balaban J connectivity index is 3.02. The Labute approximate surface area is 119 Å². The molecule has 0 amide bonds. The van der Waals surface area contributed by atoms with Crippen molar-refractivity contribution in [2.45, 2.75) is 90.8 Å². The summed E-state index contributed by atoms with van der Waals surface area (Å²) >= 11 is 0. The molecule has 0 unspecified atom stereocenters. The van der Waals surface area contributed by atoms with Crippen molar-refractivity contribution in [1.82, 2.24) is 5.06 Å². The third-order valence-corrected chi connectivity index (χ3v) is 4.98. The van der Waals surface area contributed by atoms with E-state index in [0.717, 1.165) is 32.3 Å². The second-order valence-corrected chi connectivity index (χ2v) is 7.38. The first-order valence-corrected chi connectivity index (χ1v) is 7.85. The van der Waals surface area contributed by atoms with Crippen LogP contribution in [-0.4, -0.2) is 28.3 Å². The summed E-state index contributed by atoms with van der Waals surface area (Å²) in [6.07, 6.45) is 4.31. The van der Waals surface area contributed by atoms with E-state index in [1.165, 1.54) is 0 Å². The minimum absolute atomic E-state index is 0.0349. The van der Waals surface area contributed by atoms with Gasteiger partial charge in [-0.2, -0.15) is 5.06 Å². The van der Waals surface area contributed by atoms with E-state index >= 15 is 0 Å². The van der Waals surface area contributed by atoms with Crippen LogP contribution in [-0.2, 0) is 4.84 Å². The van der Waals surface area contributed by atoms with Gasteiger partial charge in [-0.15, -0.1) is 0 Å². The maximum Gasteiger partial charge on any atom is 0.0657 e. The van der Waals surface area contributed by atoms with E-state index in [0.29, 0.717) is 5.92 Å². The number of nitrogens with zero attached hydrogens (tertiary/aromatic N) is 1. The van der Waals surface area contributed by atoms with Crippen molar-refractivity contribution >= 4 is 0 Å². The fraction of sp³-hybridized carbons (Fsp3) is 1.00. The smallest absolute Gasteiger partial charge is 0.0657 e. The second-order valence-electron chi connectivity index (χ2n) is 7.38. The van der Waals surface area contributed by atoms with Crippen LogP contribution in [0.1, 0.15) is 74.1 Å². The Morgan fingerprint density at radius 3 is 1.79 bits per heavy atom. The van der Waals surface area contributed by atoms with Crippen molar-refractivity contribution in [3.8, 4) is 0 Å². The summed E-state index contributed by atoms with van der Waals surface area (Å²) in [5.74, 6) is 0.559. The number of nitrogens with two attached hydrogens (primary N) is 1. The van der Waals surface area contributed by atoms with E-state index in [4.69, 9.17) is 10.6 Å². The summed E-state index contributed by atoms with van der Waals surface area (Å²) in [6.45, 7) is 16.3. The lowest BCUT2D eigenvalue weighted by atomic mass is 9.66. The molecule has 3 heteroatoms. The Hall–Kier alpha value is -0.120. The predicted octanol–water partition coefficient (Wildman–Crippen LogP) is 3.72. The van der Waals surface area contributed by atoms with Gasteiger partial charge in [0, 0.05) is 16.6 Å². The average Bonchev–Trinajstić information content (AvgIpc) is 2.31. The Morgan fingerprint density at radius 2 is 1.47 bits per heavy atom. The molecular formula is C16H34N2O. The van der Waals surface area contributed by atoms with Gasteiger partial charge in [0.15, 0.2) is 0 Å². The summed E-state index contributed by atoms with van der Waals surface area (Å²) in [4.78, 5) is 5.93. The molecule has 0 aliphatic carbocycles. The molecule has 0 atom stereocenters. The quantitative estimate of drug-likeness (QED) is 0.827. The van der Waals surface area contributed by atoms with Gasteiger partial charge in [-0.3, -0.25) is 4.84 Å². The molecule has 1 saturated heterocycles. The van der Waals surface area contributed by atoms with Crippen LogP contribution in [0.4, 0.5) is 0 Å². The van der Waals surface area contributed by atoms with Crippen LogP contribution in [0.5, 0.6) is 0 Å². The van der Waals surface area contributed by atoms with E-state index in [1.807, 2.05) is 0 Å². The van der Waals surface area contributed by atoms with Crippen molar-refractivity contribution in [2.75, 3.05) is 6.61 Å². The van der Waals surface area contributed by atoms with E-state index in [1.54, 1.807) is 0 Å². The molecule has 0 spiro atoms. The van der Waals surface area contributed by atoms with Crippen LogP contribution in [0.15, 0.2) is 0 Å². The molecule has 1 fully saturated rings. The summed E-state index contributed by atoms with van der Waals surface area (Å²) in [5, 5.41) is 2.21. The number of hydroxylamine groups is 2. The molecule has 0 aromatic carbocycles. The summed E-state index contributed by atoms with van der Waals surface area (Å²) in [7, 11) is 0. The van der Waals surface area contributed by atoms with Gasteiger partial charge in [-0.25, -0.2) is 0 Å². The molecule has 1 aliphatic rings. The summed E-state index contributed by atoms with van der Waals surface area (Å²) in [6, 6.07) is 0. The topological polar surface area (TPSA) is 38.5 Å². The van der Waals surface area contributed by atoms with Gasteiger partial charge in [-0.05, 0) is 66.2 Å². The van der Waals surface area contributed by atoms with Crippen LogP contribution in [0.3, 0.4) is 0 Å². The van der Waals surface area contributed by atoms with Gasteiger partial charge in [0.25, 0.3) is 0 Å². The van der Waals surface area contributed by atoms with Gasteiger partial charge in [0.05, 0.1) is 6.61 Å². The lowest BCUT2D eigenvalue weighted by molar-refractivity contribution is -0.288. The minimum atomic E-state index is -0.0349. The predicted molar refractivity (Wildman–Crippen MR) is 81.8 cm³/mol. The number of hydrogen-bond acceptors (Lipinski definition) is 3. The van der Waals surface area contributed by atoms with Gasteiger partial charge in [0.1, 0.15) is 0 Å². The SMILES string of the molecule is CCON1C(C)(C)CC(C(N)(CC)CC)CC1(C)C. The molecule has 1 heterocycles. The first-order chi connectivity index (χ1) is 8.63. The molecule has 0 saturated carbocycles.